The second-order valence-corrected chi connectivity index (χ2v) is 13.3. The Balaban J connectivity index is -0.000000509. The second-order valence-electron chi connectivity index (χ2n) is 13.3. The zero-order valence-electron chi connectivity index (χ0n) is 26.1. The summed E-state index contributed by atoms with van der Waals surface area (Å²) in [5.74, 6) is 29.4. The Morgan fingerprint density at radius 3 is 1.26 bits per heavy atom. The van der Waals surface area contributed by atoms with E-state index in [0.717, 1.165) is 18.3 Å². The average molecular weight is 477 g/mol. The van der Waals surface area contributed by atoms with Gasteiger partial charge in [0, 0.05) is 5.41 Å². The number of hydrogen-bond acceptors (Lipinski definition) is 0. The third-order valence-electron chi connectivity index (χ3n) is 4.78. The van der Waals surface area contributed by atoms with Crippen LogP contribution in [-0.4, -0.2) is 0 Å². The van der Waals surface area contributed by atoms with Crippen LogP contribution in [0.1, 0.15) is 130 Å². The van der Waals surface area contributed by atoms with E-state index in [1.165, 1.54) is 19.3 Å². The molecule has 196 valence electrons. The van der Waals surface area contributed by atoms with Crippen LogP contribution >= 0.6 is 0 Å². The molecule has 0 spiro atoms. The normalized spacial score (nSPS) is 11.0. The van der Waals surface area contributed by atoms with Crippen molar-refractivity contribution in [2.45, 2.75) is 130 Å². The van der Waals surface area contributed by atoms with Gasteiger partial charge in [-0.25, -0.2) is 0 Å². The molecule has 0 saturated carbocycles. The summed E-state index contributed by atoms with van der Waals surface area (Å²) in [6, 6.07) is 0. The van der Waals surface area contributed by atoms with E-state index in [4.69, 9.17) is 0 Å². The van der Waals surface area contributed by atoms with Crippen molar-refractivity contribution in [2.75, 3.05) is 0 Å². The lowest BCUT2D eigenvalue weighted by Crippen LogP contribution is -2.12. The highest BCUT2D eigenvalue weighted by molar-refractivity contribution is 5.42. The molecule has 0 aliphatic carbocycles. The Bertz CT molecular complexity index is 851. The third kappa shape index (κ3) is 39.3. The molecule has 0 radical (unpaired) electrons. The first kappa shape index (κ1) is 37.4. The minimum Gasteiger partial charge on any atom is -0.0925 e. The van der Waals surface area contributed by atoms with Crippen molar-refractivity contribution in [2.24, 2.45) is 34.0 Å². The first-order valence-corrected chi connectivity index (χ1v) is 13.3. The quantitative estimate of drug-likeness (QED) is 0.346. The zero-order valence-corrected chi connectivity index (χ0v) is 26.1. The lowest BCUT2D eigenvalue weighted by atomic mass is 9.82. The van der Waals surface area contributed by atoms with Crippen molar-refractivity contribution < 1.29 is 0 Å². The van der Waals surface area contributed by atoms with E-state index in [9.17, 15) is 0 Å². The van der Waals surface area contributed by atoms with Gasteiger partial charge in [-0.15, -0.1) is 0 Å². The van der Waals surface area contributed by atoms with Crippen LogP contribution in [0.3, 0.4) is 0 Å². The summed E-state index contributed by atoms with van der Waals surface area (Å²) in [7, 11) is 0. The van der Waals surface area contributed by atoms with Crippen LogP contribution in [0.4, 0.5) is 0 Å². The number of hydrogen-bond donors (Lipinski definition) is 0. The highest BCUT2D eigenvalue weighted by Crippen LogP contribution is 2.27. The predicted octanol–water partition coefficient (Wildman–Crippen LogP) is 9.64. The van der Waals surface area contributed by atoms with E-state index >= 15 is 0 Å². The first-order valence-electron chi connectivity index (χ1n) is 13.3. The summed E-state index contributed by atoms with van der Waals surface area (Å²) in [6.07, 6.45) is 5.06. The molecule has 0 aromatic rings. The van der Waals surface area contributed by atoms with Crippen molar-refractivity contribution in [1.29, 1.82) is 0 Å². The van der Waals surface area contributed by atoms with E-state index in [2.05, 4.69) is 156 Å². The third-order valence-corrected chi connectivity index (χ3v) is 4.78. The SMILES string of the molecule is CC#CC#CC#CC#CC#CC(C)(C)CC(C)C.CC(C)CC(C)CC(C)(C)C.CCC(C)(C)C. The molecule has 1 atom stereocenters. The van der Waals surface area contributed by atoms with Crippen LogP contribution < -0.4 is 0 Å². The molecule has 0 saturated heterocycles. The smallest absolute Gasteiger partial charge is 0.0271 e. The summed E-state index contributed by atoms with van der Waals surface area (Å²) in [6.45, 7) is 33.3. The molecule has 0 heteroatoms. The van der Waals surface area contributed by atoms with Crippen LogP contribution in [0.25, 0.3) is 0 Å². The summed E-state index contributed by atoms with van der Waals surface area (Å²) in [5, 5.41) is 0. The Labute approximate surface area is 222 Å². The minimum absolute atomic E-state index is 0.00674. The zero-order chi connectivity index (χ0) is 28.1. The van der Waals surface area contributed by atoms with Crippen LogP contribution in [0, 0.1) is 93.2 Å². The Hall–Kier alpha value is -2.20. The topological polar surface area (TPSA) is 0 Å². The highest BCUT2D eigenvalue weighted by Gasteiger charge is 2.16. The fraction of sp³-hybridized carbons (Fsp3) is 0.714. The van der Waals surface area contributed by atoms with Gasteiger partial charge in [0.2, 0.25) is 0 Å². The van der Waals surface area contributed by atoms with Crippen molar-refractivity contribution in [3.05, 3.63) is 0 Å². The highest BCUT2D eigenvalue weighted by atomic mass is 14.2. The van der Waals surface area contributed by atoms with Crippen LogP contribution in [0.5, 0.6) is 0 Å². The van der Waals surface area contributed by atoms with Gasteiger partial charge in [0.15, 0.2) is 0 Å². The lowest BCUT2D eigenvalue weighted by Gasteiger charge is -2.24. The molecule has 0 aromatic carbocycles. The molecule has 0 nitrogen and oxygen atoms in total. The van der Waals surface area contributed by atoms with Gasteiger partial charge >= 0.3 is 0 Å². The average Bonchev–Trinajstić information content (AvgIpc) is 2.64. The van der Waals surface area contributed by atoms with Gasteiger partial charge in [0.25, 0.3) is 0 Å². The predicted molar refractivity (Wildman–Crippen MR) is 160 cm³/mol. The van der Waals surface area contributed by atoms with E-state index in [1.807, 2.05) is 0 Å². The van der Waals surface area contributed by atoms with E-state index in [-0.39, 0.29) is 5.41 Å². The standard InChI is InChI=1S/C18H18.C11H24.C6H14/c1-6-7-8-9-10-11-12-13-14-15-18(4,5)16-17(2)3;1-9(2)7-10(3)8-11(4,5)6;1-5-6(2,3)4/h17H,16H2,1-5H3;9-10H,7-8H2,1-6H3;5H2,1-4H3. The molecular formula is C35H56. The molecular weight excluding hydrogens is 420 g/mol. The number of rotatable bonds is 5. The lowest BCUT2D eigenvalue weighted by molar-refractivity contribution is 0.278. The fourth-order valence-electron chi connectivity index (χ4n) is 3.46. The van der Waals surface area contributed by atoms with Gasteiger partial charge in [-0.05, 0) is 116 Å². The molecule has 35 heavy (non-hydrogen) atoms. The van der Waals surface area contributed by atoms with Crippen LogP contribution in [-0.2, 0) is 0 Å². The van der Waals surface area contributed by atoms with Gasteiger partial charge in [0.05, 0.1) is 0 Å². The Kier molecular flexibility index (Phi) is 21.4. The van der Waals surface area contributed by atoms with Crippen molar-refractivity contribution in [1.82, 2.24) is 0 Å². The van der Waals surface area contributed by atoms with Crippen LogP contribution in [0.15, 0.2) is 0 Å². The van der Waals surface area contributed by atoms with Crippen LogP contribution in [0.2, 0.25) is 0 Å². The largest absolute Gasteiger partial charge is 0.0925 e. The molecule has 0 heterocycles. The molecule has 0 aliphatic rings. The molecule has 0 N–H and O–H groups in total. The van der Waals surface area contributed by atoms with Gasteiger partial charge in [-0.1, -0.05) is 101 Å². The monoisotopic (exact) mass is 476 g/mol. The Morgan fingerprint density at radius 2 is 0.943 bits per heavy atom. The van der Waals surface area contributed by atoms with Crippen molar-refractivity contribution >= 4 is 0 Å². The van der Waals surface area contributed by atoms with Gasteiger partial charge in [0.1, 0.15) is 0 Å². The first-order chi connectivity index (χ1) is 15.8. The fourth-order valence-corrected chi connectivity index (χ4v) is 3.46. The van der Waals surface area contributed by atoms with E-state index in [0.29, 0.717) is 16.7 Å². The molecule has 0 amide bonds. The van der Waals surface area contributed by atoms with Gasteiger partial charge in [-0.3, -0.25) is 0 Å². The Morgan fingerprint density at radius 1 is 0.543 bits per heavy atom. The minimum atomic E-state index is 0.00674. The molecule has 0 aliphatic heterocycles. The molecule has 1 unspecified atom stereocenters. The summed E-state index contributed by atoms with van der Waals surface area (Å²) in [4.78, 5) is 0. The summed E-state index contributed by atoms with van der Waals surface area (Å²) < 4.78 is 0. The van der Waals surface area contributed by atoms with Gasteiger partial charge < -0.3 is 0 Å². The summed E-state index contributed by atoms with van der Waals surface area (Å²) in [5.41, 5.74) is 1.06. The molecule has 0 aromatic heterocycles. The molecule has 0 bridgehead atoms. The van der Waals surface area contributed by atoms with E-state index < -0.39 is 0 Å². The maximum absolute atomic E-state index is 3.15. The molecule has 0 rings (SSSR count). The molecule has 0 fully saturated rings. The maximum Gasteiger partial charge on any atom is 0.0271 e. The van der Waals surface area contributed by atoms with E-state index in [1.54, 1.807) is 6.92 Å². The van der Waals surface area contributed by atoms with Crippen molar-refractivity contribution in [3.63, 3.8) is 0 Å². The van der Waals surface area contributed by atoms with Gasteiger partial charge in [-0.2, -0.15) is 0 Å². The van der Waals surface area contributed by atoms with Crippen molar-refractivity contribution in [3.8, 4) is 59.2 Å². The summed E-state index contributed by atoms with van der Waals surface area (Å²) >= 11 is 0. The second kappa shape index (κ2) is 20.0. The maximum atomic E-state index is 3.15.